The minimum absolute atomic E-state index is 0.265. The van der Waals surface area contributed by atoms with Crippen LogP contribution in [-0.2, 0) is 9.53 Å². The number of carbonyl (C=O) groups excluding carboxylic acids is 2. The number of ether oxygens (including phenoxy) is 1. The number of amides is 1. The number of carbonyl (C=O) groups is 2. The zero-order valence-corrected chi connectivity index (χ0v) is 11.7. The summed E-state index contributed by atoms with van der Waals surface area (Å²) in [6, 6.07) is 4.96. The molecule has 2 rings (SSSR count). The molecule has 1 N–H and O–H groups in total. The second-order valence-electron chi connectivity index (χ2n) is 5.01. The van der Waals surface area contributed by atoms with Gasteiger partial charge in [-0.25, -0.2) is 0 Å². The molecule has 0 spiro atoms. The Morgan fingerprint density at radius 2 is 2.21 bits per heavy atom. The zero-order valence-electron chi connectivity index (χ0n) is 10.9. The van der Waals surface area contributed by atoms with E-state index in [0.29, 0.717) is 28.5 Å². The van der Waals surface area contributed by atoms with Gasteiger partial charge in [-0.05, 0) is 24.5 Å². The highest BCUT2D eigenvalue weighted by molar-refractivity contribution is 6.31. The maximum atomic E-state index is 11.7. The number of esters is 1. The molecular formula is C14H16ClNO3. The molecule has 1 atom stereocenters. The number of hydrogen-bond acceptors (Lipinski definition) is 3. The fourth-order valence-corrected chi connectivity index (χ4v) is 2.09. The minimum Gasteiger partial charge on any atom is -0.437 e. The van der Waals surface area contributed by atoms with Gasteiger partial charge in [0.25, 0.3) is 5.91 Å². The van der Waals surface area contributed by atoms with E-state index in [-0.39, 0.29) is 11.9 Å². The lowest BCUT2D eigenvalue weighted by Crippen LogP contribution is -2.23. The third-order valence-electron chi connectivity index (χ3n) is 2.98. The largest absolute Gasteiger partial charge is 0.437 e. The first-order valence-electron chi connectivity index (χ1n) is 6.27. The summed E-state index contributed by atoms with van der Waals surface area (Å²) in [5.74, 6) is -0.127. The van der Waals surface area contributed by atoms with E-state index < -0.39 is 6.23 Å². The first-order valence-corrected chi connectivity index (χ1v) is 6.65. The van der Waals surface area contributed by atoms with E-state index in [0.717, 1.165) is 6.42 Å². The molecule has 1 aliphatic heterocycles. The summed E-state index contributed by atoms with van der Waals surface area (Å²) < 4.78 is 5.28. The molecule has 0 radical (unpaired) electrons. The highest BCUT2D eigenvalue weighted by Gasteiger charge is 2.31. The Kier molecular flexibility index (Phi) is 4.10. The molecule has 1 amide bonds. The van der Waals surface area contributed by atoms with Gasteiger partial charge < -0.3 is 10.1 Å². The molecule has 0 aromatic heterocycles. The van der Waals surface area contributed by atoms with Crippen molar-refractivity contribution in [3.8, 4) is 0 Å². The lowest BCUT2D eigenvalue weighted by Gasteiger charge is -2.13. The number of nitrogens with one attached hydrogen (secondary N) is 1. The topological polar surface area (TPSA) is 55.4 Å². The molecular weight excluding hydrogens is 266 g/mol. The predicted octanol–water partition coefficient (Wildman–Crippen LogP) is 3.06. The van der Waals surface area contributed by atoms with E-state index in [1.54, 1.807) is 18.2 Å². The predicted molar refractivity (Wildman–Crippen MR) is 71.8 cm³/mol. The molecule has 1 unspecified atom stereocenters. The van der Waals surface area contributed by atoms with Crippen molar-refractivity contribution in [1.29, 1.82) is 0 Å². The highest BCUT2D eigenvalue weighted by atomic mass is 35.5. The molecule has 5 heteroatoms. The molecule has 0 bridgehead atoms. The lowest BCUT2D eigenvalue weighted by molar-refractivity contribution is -0.150. The van der Waals surface area contributed by atoms with Crippen molar-refractivity contribution in [3.63, 3.8) is 0 Å². The van der Waals surface area contributed by atoms with Crippen LogP contribution >= 0.6 is 11.6 Å². The summed E-state index contributed by atoms with van der Waals surface area (Å²) in [5, 5.41) is 3.11. The second kappa shape index (κ2) is 5.61. The molecule has 0 aliphatic carbocycles. The van der Waals surface area contributed by atoms with Crippen molar-refractivity contribution in [3.05, 3.63) is 34.3 Å². The van der Waals surface area contributed by atoms with E-state index in [1.807, 2.05) is 13.8 Å². The van der Waals surface area contributed by atoms with Gasteiger partial charge in [0.05, 0.1) is 0 Å². The van der Waals surface area contributed by atoms with Crippen molar-refractivity contribution >= 4 is 23.5 Å². The number of fused-ring (bicyclic) bond motifs is 1. The van der Waals surface area contributed by atoms with Gasteiger partial charge >= 0.3 is 5.97 Å². The number of halogens is 1. The van der Waals surface area contributed by atoms with Crippen molar-refractivity contribution in [1.82, 2.24) is 5.32 Å². The van der Waals surface area contributed by atoms with E-state index >= 15 is 0 Å². The van der Waals surface area contributed by atoms with Crippen molar-refractivity contribution < 1.29 is 14.3 Å². The van der Waals surface area contributed by atoms with Gasteiger partial charge in [0.1, 0.15) is 0 Å². The van der Waals surface area contributed by atoms with Crippen LogP contribution in [0.25, 0.3) is 0 Å². The molecule has 0 fully saturated rings. The van der Waals surface area contributed by atoms with Gasteiger partial charge in [-0.15, -0.1) is 0 Å². The summed E-state index contributed by atoms with van der Waals surface area (Å²) in [6.07, 6.45) is 0.430. The van der Waals surface area contributed by atoms with Crippen LogP contribution in [0.4, 0.5) is 0 Å². The molecule has 1 heterocycles. The van der Waals surface area contributed by atoms with Crippen LogP contribution in [0, 0.1) is 5.92 Å². The Bertz CT molecular complexity index is 513. The highest BCUT2D eigenvalue weighted by Crippen LogP contribution is 2.29. The number of rotatable bonds is 4. The van der Waals surface area contributed by atoms with Gasteiger partial charge in [0, 0.05) is 22.6 Å². The summed E-state index contributed by atoms with van der Waals surface area (Å²) in [4.78, 5) is 23.4. The van der Waals surface area contributed by atoms with E-state index in [9.17, 15) is 9.59 Å². The van der Waals surface area contributed by atoms with E-state index in [4.69, 9.17) is 16.3 Å². The maximum Gasteiger partial charge on any atom is 0.307 e. The van der Waals surface area contributed by atoms with Gasteiger partial charge in [0.2, 0.25) is 6.23 Å². The normalized spacial score (nSPS) is 17.3. The number of hydrogen-bond donors (Lipinski definition) is 1. The first kappa shape index (κ1) is 13.9. The molecule has 19 heavy (non-hydrogen) atoms. The molecule has 102 valence electrons. The van der Waals surface area contributed by atoms with Gasteiger partial charge in [-0.3, -0.25) is 9.59 Å². The Labute approximate surface area is 117 Å². The Morgan fingerprint density at radius 1 is 1.47 bits per heavy atom. The monoisotopic (exact) mass is 281 g/mol. The van der Waals surface area contributed by atoms with Crippen LogP contribution < -0.4 is 5.32 Å². The minimum atomic E-state index is -0.695. The molecule has 1 aromatic carbocycles. The zero-order chi connectivity index (χ0) is 14.0. The first-order chi connectivity index (χ1) is 8.97. The molecule has 0 saturated carbocycles. The van der Waals surface area contributed by atoms with Crippen LogP contribution in [0.1, 0.15) is 48.8 Å². The second-order valence-corrected chi connectivity index (χ2v) is 5.44. The van der Waals surface area contributed by atoms with Crippen molar-refractivity contribution in [2.75, 3.05) is 0 Å². The molecule has 4 nitrogen and oxygen atoms in total. The van der Waals surface area contributed by atoms with Crippen LogP contribution in [-0.4, -0.2) is 11.9 Å². The van der Waals surface area contributed by atoms with Crippen LogP contribution in [0.15, 0.2) is 18.2 Å². The van der Waals surface area contributed by atoms with Crippen molar-refractivity contribution in [2.24, 2.45) is 5.92 Å². The van der Waals surface area contributed by atoms with Gasteiger partial charge in [-0.1, -0.05) is 31.5 Å². The van der Waals surface area contributed by atoms with E-state index in [2.05, 4.69) is 5.32 Å². The van der Waals surface area contributed by atoms with Crippen LogP contribution in [0.3, 0.4) is 0 Å². The Hall–Kier alpha value is -1.55. The van der Waals surface area contributed by atoms with Crippen LogP contribution in [0.2, 0.25) is 5.02 Å². The summed E-state index contributed by atoms with van der Waals surface area (Å²) >= 11 is 5.84. The van der Waals surface area contributed by atoms with Crippen LogP contribution in [0.5, 0.6) is 0 Å². The summed E-state index contributed by atoms with van der Waals surface area (Å²) in [6.45, 7) is 4.09. The van der Waals surface area contributed by atoms with E-state index in [1.165, 1.54) is 0 Å². The maximum absolute atomic E-state index is 11.7. The van der Waals surface area contributed by atoms with Gasteiger partial charge in [0.15, 0.2) is 0 Å². The van der Waals surface area contributed by atoms with Crippen molar-refractivity contribution in [2.45, 2.75) is 32.9 Å². The average Bonchev–Trinajstić information content (AvgIpc) is 2.63. The Balaban J connectivity index is 2.05. The molecule has 1 aliphatic rings. The lowest BCUT2D eigenvalue weighted by atomic mass is 10.1. The molecule has 0 saturated heterocycles. The third kappa shape index (κ3) is 3.26. The smallest absolute Gasteiger partial charge is 0.307 e. The fraction of sp³-hybridized carbons (Fsp3) is 0.429. The summed E-state index contributed by atoms with van der Waals surface area (Å²) in [5.41, 5.74) is 1.13. The fourth-order valence-electron chi connectivity index (χ4n) is 1.92. The summed E-state index contributed by atoms with van der Waals surface area (Å²) in [7, 11) is 0. The SMILES string of the molecule is CC(C)CCC(=O)OC1NC(=O)c2cc(Cl)ccc21. The molecule has 1 aromatic rings. The Morgan fingerprint density at radius 3 is 2.89 bits per heavy atom. The standard InChI is InChI=1S/C14H16ClNO3/c1-8(2)3-6-12(17)19-14-10-5-4-9(15)7-11(10)13(18)16-14/h4-5,7-8,14H,3,6H2,1-2H3,(H,16,18). The number of benzene rings is 1. The average molecular weight is 282 g/mol. The quantitative estimate of drug-likeness (QED) is 0.863. The third-order valence-corrected chi connectivity index (χ3v) is 3.21. The van der Waals surface area contributed by atoms with Gasteiger partial charge in [-0.2, -0.15) is 0 Å².